The van der Waals surface area contributed by atoms with Crippen LogP contribution >= 0.6 is 11.3 Å². The molecule has 2 aliphatic heterocycles. The van der Waals surface area contributed by atoms with Crippen molar-refractivity contribution in [1.82, 2.24) is 9.62 Å². The number of thiophene rings is 1. The Morgan fingerprint density at radius 1 is 1.26 bits per heavy atom. The topological polar surface area (TPSA) is 95.6 Å². The predicted molar refractivity (Wildman–Crippen MR) is 104 cm³/mol. The van der Waals surface area contributed by atoms with Crippen LogP contribution in [0.2, 0.25) is 0 Å². The molecule has 0 radical (unpaired) electrons. The van der Waals surface area contributed by atoms with E-state index in [0.29, 0.717) is 24.2 Å². The first kappa shape index (κ1) is 18.1. The second-order valence-corrected chi connectivity index (χ2v) is 9.58. The van der Waals surface area contributed by atoms with Gasteiger partial charge in [0.1, 0.15) is 6.04 Å². The molecule has 2 amide bonds. The standard InChI is InChI=1S/C18H19N3O4S2/c1-27(24,25)20-12-6-7-21-15(10-12)17(22)19-14-5-4-11(9-13(14)18(21)23)16-3-2-8-26-16/h2-5,8-9,12,15,20H,6-7,10H2,1H3,(H,19,22)/t12-,15+/m1/s1. The molecule has 2 aliphatic rings. The van der Waals surface area contributed by atoms with Gasteiger partial charge in [0.05, 0.1) is 17.5 Å². The Kier molecular flexibility index (Phi) is 4.53. The molecule has 1 aromatic heterocycles. The summed E-state index contributed by atoms with van der Waals surface area (Å²) in [5.41, 5.74) is 1.89. The van der Waals surface area contributed by atoms with E-state index in [4.69, 9.17) is 0 Å². The van der Waals surface area contributed by atoms with E-state index in [2.05, 4.69) is 10.0 Å². The highest BCUT2D eigenvalue weighted by atomic mass is 32.2. The third kappa shape index (κ3) is 3.62. The van der Waals surface area contributed by atoms with E-state index in [1.165, 1.54) is 0 Å². The van der Waals surface area contributed by atoms with Crippen LogP contribution in [0.25, 0.3) is 10.4 Å². The zero-order chi connectivity index (χ0) is 19.2. The van der Waals surface area contributed by atoms with Crippen molar-refractivity contribution in [1.29, 1.82) is 0 Å². The van der Waals surface area contributed by atoms with Crippen molar-refractivity contribution in [3.05, 3.63) is 41.3 Å². The molecule has 2 aromatic rings. The molecular formula is C18H19N3O4S2. The lowest BCUT2D eigenvalue weighted by atomic mass is 9.97. The number of anilines is 1. The van der Waals surface area contributed by atoms with Gasteiger partial charge < -0.3 is 10.2 Å². The molecule has 0 bridgehead atoms. The maximum atomic E-state index is 13.1. The molecule has 1 fully saturated rings. The van der Waals surface area contributed by atoms with Crippen LogP contribution < -0.4 is 10.0 Å². The fraction of sp³-hybridized carbons (Fsp3) is 0.333. The number of benzene rings is 1. The van der Waals surface area contributed by atoms with Gasteiger partial charge in [0.15, 0.2) is 0 Å². The Hall–Kier alpha value is -2.23. The molecule has 1 saturated heterocycles. The van der Waals surface area contributed by atoms with Crippen LogP contribution in [-0.2, 0) is 14.8 Å². The van der Waals surface area contributed by atoms with E-state index in [0.717, 1.165) is 16.7 Å². The fourth-order valence-electron chi connectivity index (χ4n) is 3.66. The maximum Gasteiger partial charge on any atom is 0.256 e. The number of hydrogen-bond donors (Lipinski definition) is 2. The van der Waals surface area contributed by atoms with Crippen LogP contribution in [0.5, 0.6) is 0 Å². The SMILES string of the molecule is CS(=O)(=O)N[C@@H]1CCN2C(=O)c3cc(-c4cccs4)ccc3NC(=O)[C@@H]2C1. The Labute approximate surface area is 161 Å². The van der Waals surface area contributed by atoms with Crippen molar-refractivity contribution in [3.63, 3.8) is 0 Å². The van der Waals surface area contributed by atoms with Gasteiger partial charge in [-0.05, 0) is 42.0 Å². The third-order valence-corrected chi connectivity index (χ3v) is 6.54. The van der Waals surface area contributed by atoms with Gasteiger partial charge in [-0.3, -0.25) is 9.59 Å². The molecule has 0 unspecified atom stereocenters. The van der Waals surface area contributed by atoms with Gasteiger partial charge >= 0.3 is 0 Å². The zero-order valence-corrected chi connectivity index (χ0v) is 16.3. The normalized spacial score (nSPS) is 22.6. The Bertz CT molecular complexity index is 1000. The van der Waals surface area contributed by atoms with Gasteiger partial charge in [0.25, 0.3) is 5.91 Å². The Balaban J connectivity index is 1.65. The molecule has 3 heterocycles. The van der Waals surface area contributed by atoms with Crippen LogP contribution in [0.1, 0.15) is 23.2 Å². The summed E-state index contributed by atoms with van der Waals surface area (Å²) < 4.78 is 25.6. The van der Waals surface area contributed by atoms with Gasteiger partial charge in [-0.1, -0.05) is 12.1 Å². The highest BCUT2D eigenvalue weighted by molar-refractivity contribution is 7.88. The average Bonchev–Trinajstić information content (AvgIpc) is 3.11. The summed E-state index contributed by atoms with van der Waals surface area (Å²) in [7, 11) is -3.37. The lowest BCUT2D eigenvalue weighted by molar-refractivity contribution is -0.121. The summed E-state index contributed by atoms with van der Waals surface area (Å²) in [5, 5.41) is 4.81. The van der Waals surface area contributed by atoms with Crippen molar-refractivity contribution in [2.75, 3.05) is 18.1 Å². The van der Waals surface area contributed by atoms with E-state index < -0.39 is 16.1 Å². The number of fused-ring (bicyclic) bond motifs is 2. The van der Waals surface area contributed by atoms with Gasteiger partial charge in [0.2, 0.25) is 15.9 Å². The number of sulfonamides is 1. The number of hydrogen-bond acceptors (Lipinski definition) is 5. The molecule has 0 aliphatic carbocycles. The monoisotopic (exact) mass is 405 g/mol. The minimum Gasteiger partial charge on any atom is -0.326 e. The number of carbonyl (C=O) groups is 2. The van der Waals surface area contributed by atoms with Crippen molar-refractivity contribution >= 4 is 38.9 Å². The van der Waals surface area contributed by atoms with Gasteiger partial charge in [-0.25, -0.2) is 13.1 Å². The quantitative estimate of drug-likeness (QED) is 0.815. The zero-order valence-electron chi connectivity index (χ0n) is 14.6. The van der Waals surface area contributed by atoms with Crippen molar-refractivity contribution in [2.45, 2.75) is 24.9 Å². The van der Waals surface area contributed by atoms with E-state index in [1.54, 1.807) is 22.3 Å². The highest BCUT2D eigenvalue weighted by Crippen LogP contribution is 2.33. The second-order valence-electron chi connectivity index (χ2n) is 6.85. The largest absolute Gasteiger partial charge is 0.326 e. The van der Waals surface area contributed by atoms with Crippen molar-refractivity contribution in [2.24, 2.45) is 0 Å². The first-order valence-corrected chi connectivity index (χ1v) is 11.4. The molecule has 27 heavy (non-hydrogen) atoms. The maximum absolute atomic E-state index is 13.1. The van der Waals surface area contributed by atoms with Crippen LogP contribution in [0.4, 0.5) is 5.69 Å². The smallest absolute Gasteiger partial charge is 0.256 e. The second kappa shape index (κ2) is 6.74. The van der Waals surface area contributed by atoms with Gasteiger partial charge in [-0.2, -0.15) is 0 Å². The lowest BCUT2D eigenvalue weighted by Gasteiger charge is -2.37. The number of amides is 2. The molecule has 4 rings (SSSR count). The Morgan fingerprint density at radius 3 is 2.78 bits per heavy atom. The summed E-state index contributed by atoms with van der Waals surface area (Å²) in [4.78, 5) is 28.4. The van der Waals surface area contributed by atoms with Crippen molar-refractivity contribution < 1.29 is 18.0 Å². The van der Waals surface area contributed by atoms with E-state index >= 15 is 0 Å². The van der Waals surface area contributed by atoms with Crippen LogP contribution in [0.3, 0.4) is 0 Å². The van der Waals surface area contributed by atoms with Crippen LogP contribution in [0.15, 0.2) is 35.7 Å². The molecule has 1 aromatic carbocycles. The third-order valence-electron chi connectivity index (χ3n) is 4.86. The first-order valence-electron chi connectivity index (χ1n) is 8.59. The summed E-state index contributed by atoms with van der Waals surface area (Å²) >= 11 is 1.58. The highest BCUT2D eigenvalue weighted by Gasteiger charge is 2.40. The number of carbonyl (C=O) groups excluding carboxylic acids is 2. The summed E-state index contributed by atoms with van der Waals surface area (Å²) in [6.07, 6.45) is 1.83. The average molecular weight is 406 g/mol. The Morgan fingerprint density at radius 2 is 2.07 bits per heavy atom. The van der Waals surface area contributed by atoms with Gasteiger partial charge in [-0.15, -0.1) is 11.3 Å². The molecule has 0 spiro atoms. The number of nitrogens with one attached hydrogen (secondary N) is 2. The minimum absolute atomic E-state index is 0.204. The predicted octanol–water partition coefficient (Wildman–Crippen LogP) is 1.89. The molecule has 7 nitrogen and oxygen atoms in total. The lowest BCUT2D eigenvalue weighted by Crippen LogP contribution is -2.54. The molecule has 0 saturated carbocycles. The number of piperidine rings is 1. The molecular weight excluding hydrogens is 386 g/mol. The summed E-state index contributed by atoms with van der Waals surface area (Å²) in [6.45, 7) is 0.326. The van der Waals surface area contributed by atoms with E-state index in [9.17, 15) is 18.0 Å². The first-order chi connectivity index (χ1) is 12.8. The molecule has 2 atom stereocenters. The molecule has 2 N–H and O–H groups in total. The van der Waals surface area contributed by atoms with Crippen LogP contribution in [-0.4, -0.2) is 50.0 Å². The van der Waals surface area contributed by atoms with Crippen LogP contribution in [0, 0.1) is 0 Å². The van der Waals surface area contributed by atoms with Gasteiger partial charge in [0, 0.05) is 17.5 Å². The molecule has 142 valence electrons. The van der Waals surface area contributed by atoms with E-state index in [-0.39, 0.29) is 24.3 Å². The number of rotatable bonds is 3. The summed E-state index contributed by atoms with van der Waals surface area (Å²) in [5.74, 6) is -0.490. The minimum atomic E-state index is -3.37. The number of nitrogens with zero attached hydrogens (tertiary/aromatic N) is 1. The van der Waals surface area contributed by atoms with E-state index in [1.807, 2.05) is 29.6 Å². The summed E-state index contributed by atoms with van der Waals surface area (Å²) in [6, 6.07) is 8.34. The fourth-order valence-corrected chi connectivity index (χ4v) is 5.21. The molecule has 9 heteroatoms. The van der Waals surface area contributed by atoms with Crippen molar-refractivity contribution in [3.8, 4) is 10.4 Å².